The summed E-state index contributed by atoms with van der Waals surface area (Å²) in [7, 11) is 0. The van der Waals surface area contributed by atoms with Crippen LogP contribution in [0.3, 0.4) is 0 Å². The van der Waals surface area contributed by atoms with Crippen LogP contribution in [-0.4, -0.2) is 33.9 Å². The number of hydrogen-bond donors (Lipinski definition) is 1. The van der Waals surface area contributed by atoms with Crippen molar-refractivity contribution >= 4 is 11.7 Å². The Kier molecular flexibility index (Phi) is 3.59. The summed E-state index contributed by atoms with van der Waals surface area (Å²) < 4.78 is 0. The van der Waals surface area contributed by atoms with Crippen LogP contribution in [0.15, 0.2) is 12.4 Å². The molecule has 2 aliphatic rings. The van der Waals surface area contributed by atoms with Gasteiger partial charge in [-0.1, -0.05) is 19.3 Å². The van der Waals surface area contributed by atoms with Crippen LogP contribution in [0, 0.1) is 5.41 Å². The zero-order valence-electron chi connectivity index (χ0n) is 11.8. The molecule has 20 heavy (non-hydrogen) atoms. The second kappa shape index (κ2) is 5.38. The quantitative estimate of drug-likeness (QED) is 0.852. The standard InChI is InChI=1S/C15H22N4O/c16-13-12(17-8-9-18-13)14(20)19-10-6-15(7-11-19)4-2-1-3-5-15/h8-9H,1-7,10-11H2,(H2,16,18). The largest absolute Gasteiger partial charge is 0.382 e. The van der Waals surface area contributed by atoms with Gasteiger partial charge in [-0.3, -0.25) is 4.79 Å². The Morgan fingerprint density at radius 3 is 2.35 bits per heavy atom. The first kappa shape index (κ1) is 13.3. The second-order valence-corrected chi connectivity index (χ2v) is 6.14. The highest BCUT2D eigenvalue weighted by molar-refractivity contribution is 5.96. The first-order valence-corrected chi connectivity index (χ1v) is 7.56. The number of hydrogen-bond acceptors (Lipinski definition) is 4. The molecule has 108 valence electrons. The van der Waals surface area contributed by atoms with Crippen molar-refractivity contribution in [2.75, 3.05) is 18.8 Å². The van der Waals surface area contributed by atoms with E-state index < -0.39 is 0 Å². The molecule has 2 N–H and O–H groups in total. The molecule has 3 rings (SSSR count). The molecule has 0 aromatic carbocycles. The number of aromatic nitrogens is 2. The number of nitrogens with zero attached hydrogens (tertiary/aromatic N) is 3. The van der Waals surface area contributed by atoms with E-state index in [0.29, 0.717) is 11.1 Å². The zero-order valence-corrected chi connectivity index (χ0v) is 11.8. The summed E-state index contributed by atoms with van der Waals surface area (Å²) in [5, 5.41) is 0. The first-order chi connectivity index (χ1) is 9.70. The lowest BCUT2D eigenvalue weighted by molar-refractivity contribution is 0.0468. The molecule has 2 heterocycles. The van der Waals surface area contributed by atoms with Crippen molar-refractivity contribution in [3.8, 4) is 0 Å². The minimum absolute atomic E-state index is 0.0683. The highest BCUT2D eigenvalue weighted by Crippen LogP contribution is 2.44. The lowest BCUT2D eigenvalue weighted by Crippen LogP contribution is -2.44. The van der Waals surface area contributed by atoms with Crippen molar-refractivity contribution in [3.05, 3.63) is 18.1 Å². The van der Waals surface area contributed by atoms with Crippen LogP contribution in [-0.2, 0) is 0 Å². The third-order valence-corrected chi connectivity index (χ3v) is 4.95. The minimum Gasteiger partial charge on any atom is -0.382 e. The molecule has 0 radical (unpaired) electrons. The van der Waals surface area contributed by atoms with Gasteiger partial charge in [0.1, 0.15) is 0 Å². The van der Waals surface area contributed by atoms with Crippen LogP contribution in [0.2, 0.25) is 0 Å². The lowest BCUT2D eigenvalue weighted by Gasteiger charge is -2.44. The van der Waals surface area contributed by atoms with Crippen LogP contribution in [0.4, 0.5) is 5.82 Å². The van der Waals surface area contributed by atoms with E-state index in [4.69, 9.17) is 5.73 Å². The molecule has 0 atom stereocenters. The van der Waals surface area contributed by atoms with Crippen LogP contribution >= 0.6 is 0 Å². The maximum atomic E-state index is 12.4. The monoisotopic (exact) mass is 274 g/mol. The molecule has 5 heteroatoms. The number of anilines is 1. The van der Waals surface area contributed by atoms with E-state index >= 15 is 0 Å². The van der Waals surface area contributed by atoms with E-state index in [2.05, 4.69) is 9.97 Å². The van der Waals surface area contributed by atoms with Gasteiger partial charge >= 0.3 is 0 Å². The summed E-state index contributed by atoms with van der Waals surface area (Å²) in [5.74, 6) is 0.164. The molecule has 5 nitrogen and oxygen atoms in total. The Labute approximate surface area is 119 Å². The van der Waals surface area contributed by atoms with E-state index in [9.17, 15) is 4.79 Å². The number of nitrogen functional groups attached to an aromatic ring is 1. The van der Waals surface area contributed by atoms with Crippen LogP contribution < -0.4 is 5.73 Å². The number of likely N-dealkylation sites (tertiary alicyclic amines) is 1. The molecule has 0 bridgehead atoms. The summed E-state index contributed by atoms with van der Waals surface area (Å²) in [6.45, 7) is 1.66. The topological polar surface area (TPSA) is 72.1 Å². The smallest absolute Gasteiger partial charge is 0.276 e. The molecule has 1 saturated carbocycles. The van der Waals surface area contributed by atoms with Gasteiger partial charge in [-0.25, -0.2) is 9.97 Å². The van der Waals surface area contributed by atoms with Crippen molar-refractivity contribution < 1.29 is 4.79 Å². The van der Waals surface area contributed by atoms with E-state index in [-0.39, 0.29) is 11.7 Å². The van der Waals surface area contributed by atoms with Crippen molar-refractivity contribution in [1.29, 1.82) is 0 Å². The number of amides is 1. The Hall–Kier alpha value is -1.65. The first-order valence-electron chi connectivity index (χ1n) is 7.56. The van der Waals surface area contributed by atoms with Gasteiger partial charge in [-0.05, 0) is 31.1 Å². The Morgan fingerprint density at radius 1 is 1.05 bits per heavy atom. The predicted molar refractivity (Wildman–Crippen MR) is 77.1 cm³/mol. The fourth-order valence-corrected chi connectivity index (χ4v) is 3.65. The van der Waals surface area contributed by atoms with Crippen LogP contribution in [0.25, 0.3) is 0 Å². The molecule has 1 amide bonds. The minimum atomic E-state index is -0.0683. The molecule has 1 aromatic heterocycles. The number of piperidine rings is 1. The van der Waals surface area contributed by atoms with E-state index in [1.807, 2.05) is 4.90 Å². The Balaban J connectivity index is 1.66. The van der Waals surface area contributed by atoms with Crippen LogP contribution in [0.5, 0.6) is 0 Å². The Morgan fingerprint density at radius 2 is 1.70 bits per heavy atom. The van der Waals surface area contributed by atoms with Crippen LogP contribution in [0.1, 0.15) is 55.4 Å². The maximum Gasteiger partial charge on any atom is 0.276 e. The third kappa shape index (κ3) is 2.49. The van der Waals surface area contributed by atoms with Crippen molar-refractivity contribution in [2.24, 2.45) is 5.41 Å². The highest BCUT2D eigenvalue weighted by Gasteiger charge is 2.37. The molecule has 2 fully saturated rings. The molecular weight excluding hydrogens is 252 g/mol. The molecule has 1 saturated heterocycles. The zero-order chi connectivity index (χ0) is 14.0. The van der Waals surface area contributed by atoms with E-state index in [1.54, 1.807) is 0 Å². The summed E-state index contributed by atoms with van der Waals surface area (Å²) >= 11 is 0. The average molecular weight is 274 g/mol. The predicted octanol–water partition coefficient (Wildman–Crippen LogP) is 2.25. The van der Waals surface area contributed by atoms with Crippen molar-refractivity contribution in [1.82, 2.24) is 14.9 Å². The van der Waals surface area contributed by atoms with Gasteiger partial charge in [0.05, 0.1) is 0 Å². The number of nitrogens with two attached hydrogens (primary N) is 1. The van der Waals surface area contributed by atoms with E-state index in [1.165, 1.54) is 44.5 Å². The molecular formula is C15H22N4O. The number of rotatable bonds is 1. The van der Waals surface area contributed by atoms with Gasteiger partial charge in [0.2, 0.25) is 0 Å². The number of carbonyl (C=O) groups excluding carboxylic acids is 1. The summed E-state index contributed by atoms with van der Waals surface area (Å²) in [6, 6.07) is 0. The van der Waals surface area contributed by atoms with Gasteiger partial charge in [-0.2, -0.15) is 0 Å². The van der Waals surface area contributed by atoms with Gasteiger partial charge in [-0.15, -0.1) is 0 Å². The lowest BCUT2D eigenvalue weighted by atomic mass is 9.68. The average Bonchev–Trinajstić information content (AvgIpc) is 2.49. The van der Waals surface area contributed by atoms with Gasteiger partial charge in [0, 0.05) is 25.5 Å². The number of carbonyl (C=O) groups is 1. The van der Waals surface area contributed by atoms with Gasteiger partial charge in [0.25, 0.3) is 5.91 Å². The van der Waals surface area contributed by atoms with Crippen molar-refractivity contribution in [2.45, 2.75) is 44.9 Å². The summed E-state index contributed by atoms with van der Waals surface area (Å²) in [5.41, 5.74) is 6.54. The summed E-state index contributed by atoms with van der Waals surface area (Å²) in [4.78, 5) is 22.3. The van der Waals surface area contributed by atoms with E-state index in [0.717, 1.165) is 25.9 Å². The maximum absolute atomic E-state index is 12.4. The SMILES string of the molecule is Nc1nccnc1C(=O)N1CCC2(CCCCC2)CC1. The fraction of sp³-hybridized carbons (Fsp3) is 0.667. The molecule has 1 aliphatic carbocycles. The molecule has 1 aromatic rings. The Bertz CT molecular complexity index is 486. The van der Waals surface area contributed by atoms with Gasteiger partial charge in [0.15, 0.2) is 11.5 Å². The van der Waals surface area contributed by atoms with Gasteiger partial charge < -0.3 is 10.6 Å². The third-order valence-electron chi connectivity index (χ3n) is 4.95. The molecule has 0 unspecified atom stereocenters. The van der Waals surface area contributed by atoms with Crippen molar-refractivity contribution in [3.63, 3.8) is 0 Å². The summed E-state index contributed by atoms with van der Waals surface area (Å²) in [6.07, 6.45) is 12.0. The highest BCUT2D eigenvalue weighted by atomic mass is 16.2. The molecule has 1 spiro atoms. The molecule has 1 aliphatic heterocycles. The normalized spacial score (nSPS) is 21.9. The fourth-order valence-electron chi connectivity index (χ4n) is 3.65. The second-order valence-electron chi connectivity index (χ2n) is 6.14.